The second-order valence-corrected chi connectivity index (χ2v) is 22.9. The first kappa shape index (κ1) is 39.2. The number of para-hydroxylation sites is 7. The Morgan fingerprint density at radius 1 is 0.357 bits per heavy atom. The van der Waals surface area contributed by atoms with Crippen LogP contribution in [0.25, 0.3) is 98.4 Å². The van der Waals surface area contributed by atoms with E-state index in [1.165, 1.54) is 46.5 Å². The van der Waals surface area contributed by atoms with E-state index in [0.29, 0.717) is 0 Å². The molecule has 0 unspecified atom stereocenters. The molecule has 0 saturated heterocycles. The van der Waals surface area contributed by atoms with E-state index in [1.807, 2.05) is 11.3 Å². The van der Waals surface area contributed by atoms with Gasteiger partial charge in [-0.2, -0.15) is 0 Å². The molecule has 328 valence electrons. The van der Waals surface area contributed by atoms with E-state index in [4.69, 9.17) is 9.97 Å². The first-order chi connectivity index (χ1) is 34.8. The highest BCUT2D eigenvalue weighted by molar-refractivity contribution is 7.31. The summed E-state index contributed by atoms with van der Waals surface area (Å²) in [6, 6.07) is 89.1. The normalized spacial score (nSPS) is 12.3. The Kier molecular flexibility index (Phi) is 8.45. The maximum atomic E-state index is 5.47. The van der Waals surface area contributed by atoms with Crippen molar-refractivity contribution in [3.05, 3.63) is 243 Å². The lowest BCUT2D eigenvalue weighted by molar-refractivity contribution is 1.11. The van der Waals surface area contributed by atoms with Gasteiger partial charge in [0.2, 0.25) is 11.6 Å². The van der Waals surface area contributed by atoms with Gasteiger partial charge in [0, 0.05) is 25.7 Å². The topological polar surface area (TPSA) is 44.5 Å². The van der Waals surface area contributed by atoms with Crippen LogP contribution in [0.15, 0.2) is 243 Å². The van der Waals surface area contributed by atoms with Crippen molar-refractivity contribution in [1.29, 1.82) is 0 Å². The third kappa shape index (κ3) is 5.42. The fourth-order valence-electron chi connectivity index (χ4n) is 11.7. The van der Waals surface area contributed by atoms with Gasteiger partial charge in [0.15, 0.2) is 8.07 Å². The van der Waals surface area contributed by atoms with Crippen LogP contribution in [0.1, 0.15) is 0 Å². The molecule has 0 aliphatic rings. The molecular formula is C62H40N6SSi. The van der Waals surface area contributed by atoms with Crippen LogP contribution in [0.5, 0.6) is 0 Å². The third-order valence-electron chi connectivity index (χ3n) is 14.5. The van der Waals surface area contributed by atoms with Gasteiger partial charge >= 0.3 is 0 Å². The minimum absolute atomic E-state index is 0.858. The second-order valence-electron chi connectivity index (χ2n) is 18.1. The molecule has 0 aliphatic heterocycles. The highest BCUT2D eigenvalue weighted by Crippen LogP contribution is 2.38. The lowest BCUT2D eigenvalue weighted by Gasteiger charge is -2.36. The second kappa shape index (κ2) is 15.1. The smallest absolute Gasteiger partial charge is 0.220 e. The molecule has 0 radical (unpaired) electrons. The van der Waals surface area contributed by atoms with E-state index in [-0.39, 0.29) is 0 Å². The van der Waals surface area contributed by atoms with Gasteiger partial charge in [0.25, 0.3) is 0 Å². The van der Waals surface area contributed by atoms with Crippen molar-refractivity contribution in [2.75, 3.05) is 0 Å². The maximum absolute atomic E-state index is 5.47. The van der Waals surface area contributed by atoms with Gasteiger partial charge in [-0.1, -0.05) is 176 Å². The SMILES string of the molecule is c1ccc([Si](c2ccccc2)(c2ccccc2-c2ccccc2-n2c3ccc(-n4c5ccccc5n5c6ccccc6nc45)cc3n3c4ccccc4nc23)c2cccc3c2sc2ccccc23)cc1. The van der Waals surface area contributed by atoms with Crippen molar-refractivity contribution in [3.63, 3.8) is 0 Å². The first-order valence-corrected chi connectivity index (χ1v) is 26.6. The third-order valence-corrected chi connectivity index (χ3v) is 20.8. The number of thiophene rings is 1. The molecule has 8 heteroatoms. The molecule has 0 aliphatic carbocycles. The van der Waals surface area contributed by atoms with Crippen LogP contribution in [-0.2, 0) is 0 Å². The quantitative estimate of drug-likeness (QED) is 0.118. The van der Waals surface area contributed by atoms with E-state index < -0.39 is 8.07 Å². The molecule has 0 bridgehead atoms. The fraction of sp³-hybridized carbons (Fsp3) is 0. The summed E-state index contributed by atoms with van der Waals surface area (Å²) in [7, 11) is -3.12. The van der Waals surface area contributed by atoms with Crippen LogP contribution in [0.2, 0.25) is 0 Å². The van der Waals surface area contributed by atoms with Gasteiger partial charge in [-0.25, -0.2) is 9.97 Å². The molecule has 0 saturated carbocycles. The molecule has 15 rings (SSSR count). The zero-order chi connectivity index (χ0) is 45.9. The summed E-state index contributed by atoms with van der Waals surface area (Å²) in [5.41, 5.74) is 12.8. The Hall–Kier alpha value is -8.82. The molecule has 0 spiro atoms. The monoisotopic (exact) mass is 928 g/mol. The summed E-state index contributed by atoms with van der Waals surface area (Å²) in [6.07, 6.45) is 0. The number of hydrogen-bond donors (Lipinski definition) is 0. The highest BCUT2D eigenvalue weighted by Gasteiger charge is 2.44. The zero-order valence-corrected chi connectivity index (χ0v) is 39.5. The van der Waals surface area contributed by atoms with Gasteiger partial charge in [-0.15, -0.1) is 11.3 Å². The van der Waals surface area contributed by atoms with Crippen molar-refractivity contribution in [3.8, 4) is 22.5 Å². The summed E-state index contributed by atoms with van der Waals surface area (Å²) in [4.78, 5) is 10.7. The maximum Gasteiger partial charge on any atom is 0.220 e. The minimum Gasteiger partial charge on any atom is -0.278 e. The van der Waals surface area contributed by atoms with Crippen molar-refractivity contribution in [1.82, 2.24) is 27.9 Å². The molecule has 10 aromatic carbocycles. The van der Waals surface area contributed by atoms with E-state index in [1.54, 1.807) is 0 Å². The summed E-state index contributed by atoms with van der Waals surface area (Å²) in [5, 5.41) is 8.03. The Labute approximate surface area is 406 Å². The number of benzene rings is 10. The largest absolute Gasteiger partial charge is 0.278 e. The molecule has 5 aromatic heterocycles. The van der Waals surface area contributed by atoms with Crippen molar-refractivity contribution < 1.29 is 0 Å². The number of imidazole rings is 4. The summed E-state index contributed by atoms with van der Waals surface area (Å²) in [6.45, 7) is 0. The minimum atomic E-state index is -3.12. The molecular weight excluding hydrogens is 889 g/mol. The van der Waals surface area contributed by atoms with Crippen molar-refractivity contribution in [2.24, 2.45) is 0 Å². The lowest BCUT2D eigenvalue weighted by Crippen LogP contribution is -2.75. The van der Waals surface area contributed by atoms with E-state index in [0.717, 1.165) is 72.6 Å². The van der Waals surface area contributed by atoms with Crippen molar-refractivity contribution >= 4 is 116 Å². The Morgan fingerprint density at radius 2 is 0.886 bits per heavy atom. The Bertz CT molecular complexity index is 4520. The molecule has 6 nitrogen and oxygen atoms in total. The van der Waals surface area contributed by atoms with Gasteiger partial charge in [0.05, 0.1) is 55.5 Å². The molecule has 0 N–H and O–H groups in total. The van der Waals surface area contributed by atoms with Crippen LogP contribution in [0.4, 0.5) is 0 Å². The summed E-state index contributed by atoms with van der Waals surface area (Å²) < 4.78 is 12.0. The lowest BCUT2D eigenvalue weighted by atomic mass is 10.0. The predicted octanol–water partition coefficient (Wildman–Crippen LogP) is 12.6. The van der Waals surface area contributed by atoms with Crippen LogP contribution >= 0.6 is 11.3 Å². The zero-order valence-electron chi connectivity index (χ0n) is 37.7. The molecule has 0 fully saturated rings. The van der Waals surface area contributed by atoms with Gasteiger partial charge < -0.3 is 0 Å². The number of fused-ring (bicyclic) bond motifs is 13. The summed E-state index contributed by atoms with van der Waals surface area (Å²) in [5.74, 6) is 1.74. The van der Waals surface area contributed by atoms with Crippen molar-refractivity contribution in [2.45, 2.75) is 0 Å². The van der Waals surface area contributed by atoms with Gasteiger partial charge in [0.1, 0.15) is 0 Å². The van der Waals surface area contributed by atoms with E-state index in [9.17, 15) is 0 Å². The molecule has 0 amide bonds. The average molecular weight is 929 g/mol. The molecule has 70 heavy (non-hydrogen) atoms. The number of nitrogens with zero attached hydrogens (tertiary/aromatic N) is 6. The summed E-state index contributed by atoms with van der Waals surface area (Å²) >= 11 is 1.92. The Balaban J connectivity index is 1.02. The van der Waals surface area contributed by atoms with E-state index >= 15 is 0 Å². The molecule has 15 aromatic rings. The van der Waals surface area contributed by atoms with Crippen LogP contribution in [-0.4, -0.2) is 36.0 Å². The fourth-order valence-corrected chi connectivity index (χ4v) is 18.4. The molecule has 0 atom stereocenters. The van der Waals surface area contributed by atoms with Crippen LogP contribution in [0, 0.1) is 0 Å². The van der Waals surface area contributed by atoms with Crippen LogP contribution in [0.3, 0.4) is 0 Å². The van der Waals surface area contributed by atoms with Gasteiger partial charge in [-0.05, 0) is 93.0 Å². The van der Waals surface area contributed by atoms with E-state index in [2.05, 4.69) is 261 Å². The predicted molar refractivity (Wildman–Crippen MR) is 295 cm³/mol. The molecule has 5 heterocycles. The first-order valence-electron chi connectivity index (χ1n) is 23.8. The Morgan fingerprint density at radius 3 is 1.63 bits per heavy atom. The average Bonchev–Trinajstić information content (AvgIpc) is 4.24. The standard InChI is InChI=1S/C62H40N6SSi/c1-3-20-42(21-4-1)70(43-22-5-2-6-23-43,59-37-19-27-47-45-25-8-17-35-57(45)69-60(47)59)58-36-18-9-26-46(58)44-24-7-12-30-50(44)66-55-39-38-41(40-56(55)68-52-32-14-11-29-49(52)64-62(66)68)65-53-33-15-16-34-54(53)67-51-31-13-10-28-48(51)63-61(65)67/h1-40H. The highest BCUT2D eigenvalue weighted by atomic mass is 32.1. The number of rotatable bonds is 7. The van der Waals surface area contributed by atoms with Crippen LogP contribution < -0.4 is 20.7 Å². The van der Waals surface area contributed by atoms with Gasteiger partial charge in [-0.3, -0.25) is 17.9 Å². The number of aromatic nitrogens is 6. The number of hydrogen-bond acceptors (Lipinski definition) is 3.